The van der Waals surface area contributed by atoms with Gasteiger partial charge in [0.2, 0.25) is 0 Å². The van der Waals surface area contributed by atoms with Gasteiger partial charge in [-0.1, -0.05) is 24.3 Å². The largest absolute Gasteiger partial charge is 0.497 e. The Morgan fingerprint density at radius 1 is 0.760 bits per heavy atom. The van der Waals surface area contributed by atoms with Gasteiger partial charge in [-0.2, -0.15) is 0 Å². The van der Waals surface area contributed by atoms with Crippen LogP contribution in [0, 0.1) is 0 Å². The van der Waals surface area contributed by atoms with Crippen molar-refractivity contribution in [2.45, 2.75) is 0 Å². The SMILES string of the molecule is COc1cccc(/C=C/C(=O)OC(=O)/C=C/c2cccc(OC)c2)c1. The molecule has 0 radical (unpaired) electrons. The van der Waals surface area contributed by atoms with Gasteiger partial charge in [0, 0.05) is 12.2 Å². The van der Waals surface area contributed by atoms with E-state index in [0.29, 0.717) is 11.5 Å². The lowest BCUT2D eigenvalue weighted by Gasteiger charge is -2.00. The summed E-state index contributed by atoms with van der Waals surface area (Å²) in [6.45, 7) is 0. The molecule has 0 aliphatic carbocycles. The molecule has 0 amide bonds. The highest BCUT2D eigenvalue weighted by Crippen LogP contribution is 2.14. The number of hydrogen-bond donors (Lipinski definition) is 0. The van der Waals surface area contributed by atoms with Crippen molar-refractivity contribution in [1.29, 1.82) is 0 Å². The molecule has 5 nitrogen and oxygen atoms in total. The Balaban J connectivity index is 1.91. The normalized spacial score (nSPS) is 10.8. The Bertz CT molecular complexity index is 738. The molecule has 0 unspecified atom stereocenters. The minimum Gasteiger partial charge on any atom is -0.497 e. The monoisotopic (exact) mass is 338 g/mol. The number of benzene rings is 2. The number of esters is 2. The van der Waals surface area contributed by atoms with Gasteiger partial charge in [0.25, 0.3) is 0 Å². The van der Waals surface area contributed by atoms with Crippen molar-refractivity contribution in [3.05, 3.63) is 71.8 Å². The molecule has 0 aliphatic heterocycles. The van der Waals surface area contributed by atoms with Crippen molar-refractivity contribution in [1.82, 2.24) is 0 Å². The number of methoxy groups -OCH3 is 2. The van der Waals surface area contributed by atoms with Gasteiger partial charge in [-0.3, -0.25) is 0 Å². The van der Waals surface area contributed by atoms with Gasteiger partial charge in [0.15, 0.2) is 0 Å². The predicted molar refractivity (Wildman–Crippen MR) is 95.2 cm³/mol. The van der Waals surface area contributed by atoms with E-state index < -0.39 is 11.9 Å². The summed E-state index contributed by atoms with van der Waals surface area (Å²) in [5, 5.41) is 0. The Morgan fingerprint density at radius 2 is 1.20 bits per heavy atom. The van der Waals surface area contributed by atoms with Gasteiger partial charge in [0.05, 0.1) is 14.2 Å². The molecule has 0 saturated carbocycles. The van der Waals surface area contributed by atoms with Crippen LogP contribution < -0.4 is 9.47 Å². The summed E-state index contributed by atoms with van der Waals surface area (Å²) in [5.41, 5.74) is 1.52. The van der Waals surface area contributed by atoms with Crippen LogP contribution in [0.2, 0.25) is 0 Å². The van der Waals surface area contributed by atoms with Gasteiger partial charge < -0.3 is 14.2 Å². The molecule has 0 aliphatic rings. The van der Waals surface area contributed by atoms with Crippen LogP contribution in [0.15, 0.2) is 60.7 Å². The first kappa shape index (κ1) is 18.0. The summed E-state index contributed by atoms with van der Waals surface area (Å²) < 4.78 is 14.9. The van der Waals surface area contributed by atoms with Crippen LogP contribution in [0.25, 0.3) is 12.2 Å². The third-order valence-corrected chi connectivity index (χ3v) is 3.21. The third-order valence-electron chi connectivity index (χ3n) is 3.21. The number of carbonyl (C=O) groups is 2. The topological polar surface area (TPSA) is 61.8 Å². The van der Waals surface area contributed by atoms with E-state index in [1.165, 1.54) is 12.2 Å². The molecule has 128 valence electrons. The highest BCUT2D eigenvalue weighted by atomic mass is 16.6. The summed E-state index contributed by atoms with van der Waals surface area (Å²) >= 11 is 0. The van der Waals surface area contributed by atoms with Gasteiger partial charge in [-0.05, 0) is 47.5 Å². The minimum absolute atomic E-state index is 0.674. The Morgan fingerprint density at radius 3 is 1.60 bits per heavy atom. The number of rotatable bonds is 6. The van der Waals surface area contributed by atoms with Crippen LogP contribution in [0.1, 0.15) is 11.1 Å². The molecule has 0 fully saturated rings. The van der Waals surface area contributed by atoms with E-state index in [1.807, 2.05) is 0 Å². The molecule has 0 spiro atoms. The number of ether oxygens (including phenoxy) is 3. The first-order chi connectivity index (χ1) is 12.1. The molecule has 0 N–H and O–H groups in total. The molecule has 2 rings (SSSR count). The quantitative estimate of drug-likeness (QED) is 0.458. The van der Waals surface area contributed by atoms with Crippen LogP contribution in [0.5, 0.6) is 11.5 Å². The van der Waals surface area contributed by atoms with Gasteiger partial charge in [0.1, 0.15) is 11.5 Å². The maximum atomic E-state index is 11.7. The van der Waals surface area contributed by atoms with Gasteiger partial charge in [-0.25, -0.2) is 9.59 Å². The van der Waals surface area contributed by atoms with E-state index in [4.69, 9.17) is 14.2 Å². The fraction of sp³-hybridized carbons (Fsp3) is 0.100. The summed E-state index contributed by atoms with van der Waals surface area (Å²) in [6, 6.07) is 14.3. The third kappa shape index (κ3) is 5.99. The first-order valence-corrected chi connectivity index (χ1v) is 7.51. The molecule has 0 aromatic heterocycles. The second-order valence-electron chi connectivity index (χ2n) is 4.96. The second-order valence-corrected chi connectivity index (χ2v) is 4.96. The maximum absolute atomic E-state index is 11.7. The predicted octanol–water partition coefficient (Wildman–Crippen LogP) is 3.50. The summed E-state index contributed by atoms with van der Waals surface area (Å²) in [6.07, 6.45) is 5.46. The van der Waals surface area contributed by atoms with Gasteiger partial charge in [-0.15, -0.1) is 0 Å². The van der Waals surface area contributed by atoms with Crippen LogP contribution in [0.3, 0.4) is 0 Å². The van der Waals surface area contributed by atoms with Crippen LogP contribution in [-0.4, -0.2) is 26.2 Å². The zero-order valence-electron chi connectivity index (χ0n) is 14.0. The number of carbonyl (C=O) groups excluding carboxylic acids is 2. The van der Waals surface area contributed by atoms with E-state index in [9.17, 15) is 9.59 Å². The van der Waals surface area contributed by atoms with E-state index in [1.54, 1.807) is 74.9 Å². The van der Waals surface area contributed by atoms with Crippen LogP contribution in [-0.2, 0) is 14.3 Å². The highest BCUT2D eigenvalue weighted by Gasteiger charge is 2.04. The standard InChI is InChI=1S/C20H18O5/c1-23-17-7-3-5-15(13-17)9-11-19(21)25-20(22)12-10-16-6-4-8-18(14-16)24-2/h3-14H,1-2H3/b11-9+,12-10+. The van der Waals surface area contributed by atoms with E-state index in [2.05, 4.69) is 0 Å². The van der Waals surface area contributed by atoms with Crippen molar-refractivity contribution in [2.24, 2.45) is 0 Å². The Hall–Kier alpha value is -3.34. The van der Waals surface area contributed by atoms with Crippen molar-refractivity contribution in [3.63, 3.8) is 0 Å². The Labute approximate surface area is 146 Å². The smallest absolute Gasteiger partial charge is 0.338 e. The lowest BCUT2D eigenvalue weighted by molar-refractivity contribution is -0.152. The summed E-state index contributed by atoms with van der Waals surface area (Å²) in [4.78, 5) is 23.4. The minimum atomic E-state index is -0.747. The fourth-order valence-corrected chi connectivity index (χ4v) is 1.99. The lowest BCUT2D eigenvalue weighted by atomic mass is 10.2. The second kappa shape index (κ2) is 9.08. The Kier molecular flexibility index (Phi) is 6.54. The first-order valence-electron chi connectivity index (χ1n) is 7.51. The molecule has 0 bridgehead atoms. The average Bonchev–Trinajstić information content (AvgIpc) is 2.65. The zero-order valence-corrected chi connectivity index (χ0v) is 14.0. The molecule has 2 aromatic rings. The molecular formula is C20H18O5. The average molecular weight is 338 g/mol. The fourth-order valence-electron chi connectivity index (χ4n) is 1.99. The summed E-state index contributed by atoms with van der Waals surface area (Å²) in [5.74, 6) is -0.146. The molecule has 5 heteroatoms. The molecule has 0 atom stereocenters. The molecule has 25 heavy (non-hydrogen) atoms. The highest BCUT2D eigenvalue weighted by molar-refractivity contribution is 5.99. The van der Waals surface area contributed by atoms with Crippen molar-refractivity contribution >= 4 is 24.1 Å². The van der Waals surface area contributed by atoms with Crippen molar-refractivity contribution in [3.8, 4) is 11.5 Å². The van der Waals surface area contributed by atoms with E-state index in [0.717, 1.165) is 11.1 Å². The maximum Gasteiger partial charge on any atom is 0.338 e. The molecule has 0 heterocycles. The molecular weight excluding hydrogens is 320 g/mol. The zero-order chi connectivity index (χ0) is 18.1. The number of hydrogen-bond acceptors (Lipinski definition) is 5. The van der Waals surface area contributed by atoms with Crippen LogP contribution >= 0.6 is 0 Å². The van der Waals surface area contributed by atoms with Crippen LogP contribution in [0.4, 0.5) is 0 Å². The lowest BCUT2D eigenvalue weighted by Crippen LogP contribution is -2.06. The van der Waals surface area contributed by atoms with Crippen molar-refractivity contribution < 1.29 is 23.8 Å². The summed E-state index contributed by atoms with van der Waals surface area (Å²) in [7, 11) is 3.12. The van der Waals surface area contributed by atoms with Crippen molar-refractivity contribution in [2.75, 3.05) is 14.2 Å². The van der Waals surface area contributed by atoms with E-state index >= 15 is 0 Å². The van der Waals surface area contributed by atoms with E-state index in [-0.39, 0.29) is 0 Å². The van der Waals surface area contributed by atoms with Gasteiger partial charge >= 0.3 is 11.9 Å². The molecule has 2 aromatic carbocycles. The molecule has 0 saturated heterocycles.